The van der Waals surface area contributed by atoms with Gasteiger partial charge in [-0.2, -0.15) is 0 Å². The van der Waals surface area contributed by atoms with Crippen LogP contribution in [0.2, 0.25) is 0 Å². The molecule has 7 heteroatoms. The van der Waals surface area contributed by atoms with Gasteiger partial charge in [0.1, 0.15) is 0 Å². The first-order valence-corrected chi connectivity index (χ1v) is 9.95. The van der Waals surface area contributed by atoms with E-state index in [0.717, 1.165) is 38.3 Å². The van der Waals surface area contributed by atoms with Crippen LogP contribution < -0.4 is 5.32 Å². The first kappa shape index (κ1) is 18.7. The number of piperidine rings is 1. The van der Waals surface area contributed by atoms with Crippen molar-refractivity contribution in [1.82, 2.24) is 20.3 Å². The van der Waals surface area contributed by atoms with Crippen molar-refractivity contribution in [2.75, 3.05) is 32.7 Å². The normalized spacial score (nSPS) is 18.9. The highest BCUT2D eigenvalue weighted by Crippen LogP contribution is 2.23. The first-order valence-electron chi connectivity index (χ1n) is 9.95. The summed E-state index contributed by atoms with van der Waals surface area (Å²) in [4.78, 5) is 27.8. The maximum atomic E-state index is 12.5. The largest absolute Gasteiger partial charge is 0.359 e. The molecule has 0 aliphatic carbocycles. The van der Waals surface area contributed by atoms with Gasteiger partial charge < -0.3 is 14.7 Å². The smallest absolute Gasteiger partial charge is 0.276 e. The number of aromatic nitrogens is 1. The number of benzene rings is 1. The van der Waals surface area contributed by atoms with Gasteiger partial charge in [-0.25, -0.2) is 0 Å². The molecule has 2 saturated heterocycles. The number of piperazine rings is 1. The van der Waals surface area contributed by atoms with Gasteiger partial charge in [-0.1, -0.05) is 35.5 Å². The molecule has 1 aromatic carbocycles. The van der Waals surface area contributed by atoms with E-state index in [1.54, 1.807) is 6.07 Å². The molecule has 0 saturated carbocycles. The van der Waals surface area contributed by atoms with Gasteiger partial charge in [-0.3, -0.25) is 14.5 Å². The lowest BCUT2D eigenvalue weighted by molar-refractivity contribution is -0.123. The van der Waals surface area contributed by atoms with Crippen LogP contribution in [0, 0.1) is 5.92 Å². The van der Waals surface area contributed by atoms with Crippen molar-refractivity contribution in [3.05, 3.63) is 53.4 Å². The third-order valence-corrected chi connectivity index (χ3v) is 5.56. The van der Waals surface area contributed by atoms with Crippen LogP contribution in [-0.4, -0.2) is 59.5 Å². The molecule has 0 unspecified atom stereocenters. The van der Waals surface area contributed by atoms with Crippen LogP contribution in [0.15, 0.2) is 40.9 Å². The zero-order chi connectivity index (χ0) is 19.3. The van der Waals surface area contributed by atoms with Crippen LogP contribution in [0.4, 0.5) is 0 Å². The van der Waals surface area contributed by atoms with Crippen molar-refractivity contribution in [2.24, 2.45) is 5.92 Å². The maximum absolute atomic E-state index is 12.5. The molecule has 0 spiro atoms. The minimum atomic E-state index is -0.244. The minimum absolute atomic E-state index is 0.0793. The lowest BCUT2D eigenvalue weighted by Crippen LogP contribution is -2.50. The third-order valence-electron chi connectivity index (χ3n) is 5.56. The Balaban J connectivity index is 1.27. The van der Waals surface area contributed by atoms with Gasteiger partial charge in [0, 0.05) is 19.2 Å². The Labute approximate surface area is 164 Å². The molecule has 148 valence electrons. The first-order chi connectivity index (χ1) is 13.7. The number of nitrogens with one attached hydrogen (secondary N) is 1. The van der Waals surface area contributed by atoms with E-state index in [1.807, 2.05) is 0 Å². The molecule has 2 aliphatic heterocycles. The predicted octanol–water partition coefficient (Wildman–Crippen LogP) is 1.70. The number of carbonyl (C=O) groups is 2. The van der Waals surface area contributed by atoms with Gasteiger partial charge in [0.2, 0.25) is 5.91 Å². The van der Waals surface area contributed by atoms with Crippen LogP contribution in [0.25, 0.3) is 0 Å². The molecule has 3 heterocycles. The fraction of sp³-hybridized carbons (Fsp3) is 0.476. The molecule has 0 atom stereocenters. The van der Waals surface area contributed by atoms with E-state index in [1.165, 1.54) is 10.5 Å². The summed E-state index contributed by atoms with van der Waals surface area (Å²) in [5.41, 5.74) is 1.69. The Morgan fingerprint density at radius 1 is 1.18 bits per heavy atom. The molecule has 7 nitrogen and oxygen atoms in total. The molecule has 4 rings (SSSR count). The molecule has 2 aliphatic rings. The van der Waals surface area contributed by atoms with E-state index in [0.29, 0.717) is 25.4 Å². The molecule has 2 fully saturated rings. The number of likely N-dealkylation sites (tertiary alicyclic amines) is 1. The number of hydrogen-bond donors (Lipinski definition) is 1. The predicted molar refractivity (Wildman–Crippen MR) is 104 cm³/mol. The summed E-state index contributed by atoms with van der Waals surface area (Å²) in [6.45, 7) is 3.77. The fourth-order valence-corrected chi connectivity index (χ4v) is 3.98. The average Bonchev–Trinajstić information content (AvgIpc) is 3.18. The zero-order valence-corrected chi connectivity index (χ0v) is 16.0. The van der Waals surface area contributed by atoms with Crippen molar-refractivity contribution in [3.8, 4) is 0 Å². The fourth-order valence-electron chi connectivity index (χ4n) is 3.98. The summed E-state index contributed by atoms with van der Waals surface area (Å²) >= 11 is 0. The van der Waals surface area contributed by atoms with E-state index >= 15 is 0 Å². The van der Waals surface area contributed by atoms with Crippen molar-refractivity contribution >= 4 is 11.8 Å². The summed E-state index contributed by atoms with van der Waals surface area (Å²) in [6, 6.07) is 12.4. The van der Waals surface area contributed by atoms with Crippen molar-refractivity contribution < 1.29 is 14.1 Å². The lowest BCUT2D eigenvalue weighted by Gasteiger charge is -2.31. The standard InChI is InChI=1S/C21H26N4O3/c26-20-15-25(11-8-22-20)21(27)19-13-18(28-23-19)14-24-9-6-17(7-10-24)12-16-4-2-1-3-5-16/h1-5,13,17H,6-12,14-15H2,(H,22,26). The van der Waals surface area contributed by atoms with Gasteiger partial charge in [0.25, 0.3) is 5.91 Å². The highest BCUT2D eigenvalue weighted by molar-refractivity contribution is 5.95. The van der Waals surface area contributed by atoms with E-state index in [4.69, 9.17) is 4.52 Å². The number of nitrogens with zero attached hydrogens (tertiary/aromatic N) is 3. The molecule has 1 aromatic heterocycles. The molecular weight excluding hydrogens is 356 g/mol. The Morgan fingerprint density at radius 3 is 2.71 bits per heavy atom. The van der Waals surface area contributed by atoms with Crippen LogP contribution in [0.5, 0.6) is 0 Å². The molecule has 2 amide bonds. The Morgan fingerprint density at radius 2 is 1.96 bits per heavy atom. The van der Waals surface area contributed by atoms with Gasteiger partial charge >= 0.3 is 0 Å². The van der Waals surface area contributed by atoms with Crippen LogP contribution >= 0.6 is 0 Å². The van der Waals surface area contributed by atoms with Crippen LogP contribution in [0.3, 0.4) is 0 Å². The Kier molecular flexibility index (Phi) is 5.71. The van der Waals surface area contributed by atoms with Crippen molar-refractivity contribution in [3.63, 3.8) is 0 Å². The molecule has 0 radical (unpaired) electrons. The van der Waals surface area contributed by atoms with E-state index < -0.39 is 0 Å². The van der Waals surface area contributed by atoms with Crippen molar-refractivity contribution in [2.45, 2.75) is 25.8 Å². The summed E-state index contributed by atoms with van der Waals surface area (Å²) in [5, 5.41) is 6.64. The van der Waals surface area contributed by atoms with E-state index in [2.05, 4.69) is 45.7 Å². The number of rotatable bonds is 5. The second kappa shape index (κ2) is 8.56. The Hall–Kier alpha value is -2.67. The van der Waals surface area contributed by atoms with Gasteiger partial charge in [-0.15, -0.1) is 0 Å². The second-order valence-electron chi connectivity index (χ2n) is 7.66. The quantitative estimate of drug-likeness (QED) is 0.852. The molecule has 2 aromatic rings. The molecule has 28 heavy (non-hydrogen) atoms. The SMILES string of the molecule is O=C1CN(C(=O)c2cc(CN3CCC(Cc4ccccc4)CC3)on2)CCN1. The average molecular weight is 382 g/mol. The number of hydrogen-bond acceptors (Lipinski definition) is 5. The zero-order valence-electron chi connectivity index (χ0n) is 16.0. The van der Waals surface area contributed by atoms with Crippen molar-refractivity contribution in [1.29, 1.82) is 0 Å². The summed E-state index contributed by atoms with van der Waals surface area (Å²) in [7, 11) is 0. The monoisotopic (exact) mass is 382 g/mol. The molecule has 1 N–H and O–H groups in total. The molecular formula is C21H26N4O3. The third kappa shape index (κ3) is 4.59. The van der Waals surface area contributed by atoms with Crippen LogP contribution in [-0.2, 0) is 17.8 Å². The van der Waals surface area contributed by atoms with E-state index in [9.17, 15) is 9.59 Å². The van der Waals surface area contributed by atoms with Gasteiger partial charge in [-0.05, 0) is 43.8 Å². The lowest BCUT2D eigenvalue weighted by atomic mass is 9.90. The highest BCUT2D eigenvalue weighted by Gasteiger charge is 2.26. The van der Waals surface area contributed by atoms with Gasteiger partial charge in [0.15, 0.2) is 11.5 Å². The minimum Gasteiger partial charge on any atom is -0.359 e. The Bertz CT molecular complexity index is 812. The number of carbonyl (C=O) groups excluding carboxylic acids is 2. The summed E-state index contributed by atoms with van der Waals surface area (Å²) in [5.74, 6) is 1.04. The maximum Gasteiger partial charge on any atom is 0.276 e. The summed E-state index contributed by atoms with van der Waals surface area (Å²) < 4.78 is 5.39. The highest BCUT2D eigenvalue weighted by atomic mass is 16.5. The summed E-state index contributed by atoms with van der Waals surface area (Å²) in [6.07, 6.45) is 3.47. The van der Waals surface area contributed by atoms with Gasteiger partial charge in [0.05, 0.1) is 13.1 Å². The number of amides is 2. The van der Waals surface area contributed by atoms with Crippen LogP contribution in [0.1, 0.15) is 34.7 Å². The molecule has 0 bridgehead atoms. The topological polar surface area (TPSA) is 78.7 Å². The second-order valence-corrected chi connectivity index (χ2v) is 7.66. The van der Waals surface area contributed by atoms with E-state index in [-0.39, 0.29) is 24.1 Å².